The third kappa shape index (κ3) is 3.07. The summed E-state index contributed by atoms with van der Waals surface area (Å²) in [7, 11) is 0. The molecule has 2 aromatic carbocycles. The SMILES string of the molecule is O=C(O)c1ccc(Nc2cc(Cl)ccc2C(=O)O)cc1. The summed E-state index contributed by atoms with van der Waals surface area (Å²) in [6.07, 6.45) is 0. The standard InChI is InChI=1S/C14H10ClNO4/c15-9-3-6-11(14(19)20)12(7-9)16-10-4-1-8(2-5-10)13(17)18/h1-7,16H,(H,17,18)(H,19,20). The Bertz CT molecular complexity index is 667. The molecule has 102 valence electrons. The van der Waals surface area contributed by atoms with E-state index < -0.39 is 11.9 Å². The fourth-order valence-corrected chi connectivity index (χ4v) is 1.83. The van der Waals surface area contributed by atoms with E-state index in [-0.39, 0.29) is 11.1 Å². The van der Waals surface area contributed by atoms with Gasteiger partial charge < -0.3 is 15.5 Å². The first-order chi connectivity index (χ1) is 9.47. The van der Waals surface area contributed by atoms with Gasteiger partial charge in [-0.25, -0.2) is 9.59 Å². The molecule has 2 rings (SSSR count). The highest BCUT2D eigenvalue weighted by molar-refractivity contribution is 6.31. The van der Waals surface area contributed by atoms with Gasteiger partial charge >= 0.3 is 11.9 Å². The molecule has 0 aromatic heterocycles. The van der Waals surface area contributed by atoms with Gasteiger partial charge in [0, 0.05) is 10.7 Å². The Hall–Kier alpha value is -2.53. The van der Waals surface area contributed by atoms with Crippen LogP contribution >= 0.6 is 11.6 Å². The maximum Gasteiger partial charge on any atom is 0.337 e. The summed E-state index contributed by atoms with van der Waals surface area (Å²) in [5.41, 5.74) is 1.14. The highest BCUT2D eigenvalue weighted by Crippen LogP contribution is 2.25. The third-order valence-electron chi connectivity index (χ3n) is 2.62. The van der Waals surface area contributed by atoms with Crippen molar-refractivity contribution in [2.45, 2.75) is 0 Å². The Morgan fingerprint density at radius 2 is 1.60 bits per heavy atom. The molecular formula is C14H10ClNO4. The summed E-state index contributed by atoms with van der Waals surface area (Å²) < 4.78 is 0. The summed E-state index contributed by atoms with van der Waals surface area (Å²) in [5, 5.41) is 21.2. The summed E-state index contributed by atoms with van der Waals surface area (Å²) >= 11 is 5.84. The lowest BCUT2D eigenvalue weighted by Crippen LogP contribution is -2.03. The van der Waals surface area contributed by atoms with Gasteiger partial charge in [-0.2, -0.15) is 0 Å². The van der Waals surface area contributed by atoms with E-state index in [1.165, 1.54) is 30.3 Å². The number of hydrogen-bond donors (Lipinski definition) is 3. The van der Waals surface area contributed by atoms with Crippen molar-refractivity contribution in [1.82, 2.24) is 0 Å². The van der Waals surface area contributed by atoms with Crippen LogP contribution in [-0.4, -0.2) is 22.2 Å². The molecule has 0 unspecified atom stereocenters. The molecule has 0 aliphatic carbocycles. The van der Waals surface area contributed by atoms with E-state index in [9.17, 15) is 9.59 Å². The van der Waals surface area contributed by atoms with Crippen molar-refractivity contribution in [3.05, 3.63) is 58.6 Å². The van der Waals surface area contributed by atoms with Crippen LogP contribution in [0.2, 0.25) is 5.02 Å². The Labute approximate surface area is 119 Å². The molecule has 0 atom stereocenters. The predicted molar refractivity (Wildman–Crippen MR) is 75.1 cm³/mol. The van der Waals surface area contributed by atoms with E-state index in [0.717, 1.165) is 0 Å². The summed E-state index contributed by atoms with van der Waals surface area (Å²) in [4.78, 5) is 21.8. The zero-order chi connectivity index (χ0) is 14.7. The molecule has 2 aromatic rings. The normalized spacial score (nSPS) is 10.1. The lowest BCUT2D eigenvalue weighted by Gasteiger charge is -2.10. The Kier molecular flexibility index (Phi) is 3.91. The van der Waals surface area contributed by atoms with E-state index in [1.54, 1.807) is 12.1 Å². The van der Waals surface area contributed by atoms with Gasteiger partial charge in [0.2, 0.25) is 0 Å². The molecule has 0 aliphatic rings. The van der Waals surface area contributed by atoms with Crippen molar-refractivity contribution in [3.8, 4) is 0 Å². The molecule has 5 nitrogen and oxygen atoms in total. The van der Waals surface area contributed by atoms with Gasteiger partial charge in [-0.3, -0.25) is 0 Å². The van der Waals surface area contributed by atoms with E-state index in [2.05, 4.69) is 5.32 Å². The van der Waals surface area contributed by atoms with Crippen LogP contribution in [0.3, 0.4) is 0 Å². The van der Waals surface area contributed by atoms with Crippen LogP contribution in [0.1, 0.15) is 20.7 Å². The van der Waals surface area contributed by atoms with Gasteiger partial charge in [0.15, 0.2) is 0 Å². The maximum absolute atomic E-state index is 11.1. The average Bonchev–Trinajstić information content (AvgIpc) is 2.39. The minimum atomic E-state index is -1.08. The Morgan fingerprint density at radius 3 is 2.15 bits per heavy atom. The zero-order valence-electron chi connectivity index (χ0n) is 10.1. The lowest BCUT2D eigenvalue weighted by molar-refractivity contribution is 0.0686. The Balaban J connectivity index is 2.31. The number of carboxylic acids is 2. The number of rotatable bonds is 4. The minimum Gasteiger partial charge on any atom is -0.478 e. The van der Waals surface area contributed by atoms with Crippen molar-refractivity contribution < 1.29 is 19.8 Å². The molecule has 0 bridgehead atoms. The molecule has 0 aliphatic heterocycles. The number of anilines is 2. The van der Waals surface area contributed by atoms with Crippen LogP contribution in [0.25, 0.3) is 0 Å². The minimum absolute atomic E-state index is 0.0803. The highest BCUT2D eigenvalue weighted by atomic mass is 35.5. The van der Waals surface area contributed by atoms with Gasteiger partial charge in [-0.05, 0) is 42.5 Å². The quantitative estimate of drug-likeness (QED) is 0.803. The number of aromatic carboxylic acids is 2. The maximum atomic E-state index is 11.1. The van der Waals surface area contributed by atoms with Gasteiger partial charge in [-0.15, -0.1) is 0 Å². The fourth-order valence-electron chi connectivity index (χ4n) is 1.66. The molecular weight excluding hydrogens is 282 g/mol. The third-order valence-corrected chi connectivity index (χ3v) is 2.86. The first-order valence-electron chi connectivity index (χ1n) is 5.60. The second kappa shape index (κ2) is 5.63. The van der Waals surface area contributed by atoms with Gasteiger partial charge in [0.05, 0.1) is 16.8 Å². The number of halogens is 1. The molecule has 6 heteroatoms. The topological polar surface area (TPSA) is 86.6 Å². The summed E-state index contributed by atoms with van der Waals surface area (Å²) in [5.74, 6) is -2.10. The Morgan fingerprint density at radius 1 is 0.950 bits per heavy atom. The molecule has 0 saturated carbocycles. The van der Waals surface area contributed by atoms with E-state index in [4.69, 9.17) is 21.8 Å². The number of benzene rings is 2. The number of carbonyl (C=O) groups is 2. The van der Waals surface area contributed by atoms with E-state index in [1.807, 2.05) is 0 Å². The second-order valence-corrected chi connectivity index (χ2v) is 4.44. The first kappa shape index (κ1) is 13.9. The number of hydrogen-bond acceptors (Lipinski definition) is 3. The van der Waals surface area contributed by atoms with Crippen LogP contribution in [0.5, 0.6) is 0 Å². The predicted octanol–water partition coefficient (Wildman–Crippen LogP) is 3.48. The molecule has 0 heterocycles. The zero-order valence-corrected chi connectivity index (χ0v) is 10.9. The monoisotopic (exact) mass is 291 g/mol. The average molecular weight is 292 g/mol. The molecule has 0 saturated heterocycles. The van der Waals surface area contributed by atoms with Crippen molar-refractivity contribution in [2.75, 3.05) is 5.32 Å². The largest absolute Gasteiger partial charge is 0.478 e. The van der Waals surface area contributed by atoms with Crippen LogP contribution in [-0.2, 0) is 0 Å². The van der Waals surface area contributed by atoms with E-state index >= 15 is 0 Å². The molecule has 0 radical (unpaired) electrons. The van der Waals surface area contributed by atoms with Gasteiger partial charge in [-0.1, -0.05) is 11.6 Å². The van der Waals surface area contributed by atoms with Gasteiger partial charge in [0.1, 0.15) is 0 Å². The van der Waals surface area contributed by atoms with Crippen molar-refractivity contribution in [1.29, 1.82) is 0 Å². The van der Waals surface area contributed by atoms with Crippen molar-refractivity contribution in [2.24, 2.45) is 0 Å². The summed E-state index contributed by atoms with van der Waals surface area (Å²) in [6.45, 7) is 0. The highest BCUT2D eigenvalue weighted by Gasteiger charge is 2.11. The molecule has 0 amide bonds. The van der Waals surface area contributed by atoms with Crippen LogP contribution in [0.4, 0.5) is 11.4 Å². The summed E-state index contributed by atoms with van der Waals surface area (Å²) in [6, 6.07) is 10.3. The van der Waals surface area contributed by atoms with Crippen LogP contribution in [0, 0.1) is 0 Å². The first-order valence-corrected chi connectivity index (χ1v) is 5.98. The molecule has 0 spiro atoms. The smallest absolute Gasteiger partial charge is 0.337 e. The van der Waals surface area contributed by atoms with Crippen LogP contribution in [0.15, 0.2) is 42.5 Å². The fraction of sp³-hybridized carbons (Fsp3) is 0. The second-order valence-electron chi connectivity index (χ2n) is 4.00. The van der Waals surface area contributed by atoms with Crippen molar-refractivity contribution >= 4 is 34.9 Å². The van der Waals surface area contributed by atoms with Crippen LogP contribution < -0.4 is 5.32 Å². The van der Waals surface area contributed by atoms with Gasteiger partial charge in [0.25, 0.3) is 0 Å². The van der Waals surface area contributed by atoms with E-state index in [0.29, 0.717) is 16.4 Å². The number of carboxylic acid groups (broad SMARTS) is 2. The van der Waals surface area contributed by atoms with Crippen molar-refractivity contribution in [3.63, 3.8) is 0 Å². The molecule has 3 N–H and O–H groups in total. The lowest BCUT2D eigenvalue weighted by atomic mass is 10.1. The molecule has 20 heavy (non-hydrogen) atoms. The molecule has 0 fully saturated rings. The number of nitrogens with one attached hydrogen (secondary N) is 1.